The maximum Gasteiger partial charge on any atom is 0.237 e. The van der Waals surface area contributed by atoms with Crippen LogP contribution in [0.4, 0.5) is 4.39 Å². The van der Waals surface area contributed by atoms with E-state index in [1.807, 2.05) is 11.9 Å². The summed E-state index contributed by atoms with van der Waals surface area (Å²) in [4.78, 5) is 20.9. The predicted molar refractivity (Wildman–Crippen MR) is 97.1 cm³/mol. The number of hydrogen-bond donors (Lipinski definition) is 0. The maximum absolute atomic E-state index is 13.8. The normalized spacial score (nSPS) is 14.6. The van der Waals surface area contributed by atoms with Gasteiger partial charge in [0, 0.05) is 30.5 Å². The van der Waals surface area contributed by atoms with Crippen molar-refractivity contribution in [2.24, 2.45) is 0 Å². The highest BCUT2D eigenvalue weighted by atomic mass is 19.1. The Bertz CT molecular complexity index is 795. The quantitative estimate of drug-likeness (QED) is 0.842. The minimum Gasteiger partial charge on any atom is -0.445 e. The van der Waals surface area contributed by atoms with E-state index in [2.05, 4.69) is 25.8 Å². The van der Waals surface area contributed by atoms with Crippen molar-refractivity contribution in [2.75, 3.05) is 20.1 Å². The van der Waals surface area contributed by atoms with Gasteiger partial charge in [0.15, 0.2) is 5.89 Å². The third-order valence-corrected chi connectivity index (χ3v) is 4.53. The molecule has 0 radical (unpaired) electrons. The van der Waals surface area contributed by atoms with Gasteiger partial charge in [0.1, 0.15) is 17.3 Å². The first-order chi connectivity index (χ1) is 12.2. The highest BCUT2D eigenvalue weighted by molar-refractivity contribution is 5.78. The van der Waals surface area contributed by atoms with Crippen molar-refractivity contribution < 1.29 is 13.6 Å². The molecule has 0 saturated heterocycles. The smallest absolute Gasteiger partial charge is 0.237 e. The number of halogens is 1. The highest BCUT2D eigenvalue weighted by Crippen LogP contribution is 2.27. The molecule has 2 heterocycles. The van der Waals surface area contributed by atoms with Crippen molar-refractivity contribution in [3.8, 4) is 0 Å². The Hall–Kier alpha value is -2.21. The lowest BCUT2D eigenvalue weighted by atomic mass is 9.97. The van der Waals surface area contributed by atoms with Crippen LogP contribution < -0.4 is 0 Å². The monoisotopic (exact) mass is 359 g/mol. The molecule has 1 aliphatic rings. The Labute approximate surface area is 153 Å². The first-order valence-electron chi connectivity index (χ1n) is 8.93. The average molecular weight is 359 g/mol. The molecule has 26 heavy (non-hydrogen) atoms. The molecule has 6 heteroatoms. The highest BCUT2D eigenvalue weighted by Gasteiger charge is 2.29. The summed E-state index contributed by atoms with van der Waals surface area (Å²) < 4.78 is 19.6. The van der Waals surface area contributed by atoms with Gasteiger partial charge in [-0.3, -0.25) is 9.69 Å². The molecule has 1 aromatic carbocycles. The summed E-state index contributed by atoms with van der Waals surface area (Å²) in [6.45, 7) is 7.92. The Morgan fingerprint density at radius 2 is 2.08 bits per heavy atom. The van der Waals surface area contributed by atoms with Crippen LogP contribution in [0.2, 0.25) is 0 Å². The van der Waals surface area contributed by atoms with Gasteiger partial charge in [0.25, 0.3) is 0 Å². The van der Waals surface area contributed by atoms with Crippen LogP contribution in [-0.2, 0) is 29.7 Å². The molecule has 0 saturated carbocycles. The molecule has 0 spiro atoms. The van der Waals surface area contributed by atoms with E-state index in [1.165, 1.54) is 6.07 Å². The van der Waals surface area contributed by atoms with Crippen molar-refractivity contribution in [1.82, 2.24) is 14.8 Å². The third kappa shape index (κ3) is 4.12. The molecule has 3 rings (SSSR count). The van der Waals surface area contributed by atoms with Crippen LogP contribution in [0.5, 0.6) is 0 Å². The molecule has 1 aromatic heterocycles. The first kappa shape index (κ1) is 18.6. The summed E-state index contributed by atoms with van der Waals surface area (Å²) in [5, 5.41) is 0. The summed E-state index contributed by atoms with van der Waals surface area (Å²) in [5.74, 6) is 1.38. The molecule has 0 bridgehead atoms. The molecule has 0 aliphatic carbocycles. The van der Waals surface area contributed by atoms with Crippen LogP contribution in [0.15, 0.2) is 28.7 Å². The van der Waals surface area contributed by atoms with E-state index in [0.29, 0.717) is 37.5 Å². The molecular weight excluding hydrogens is 333 g/mol. The van der Waals surface area contributed by atoms with Gasteiger partial charge < -0.3 is 9.32 Å². The third-order valence-electron chi connectivity index (χ3n) is 4.53. The number of oxazole rings is 1. The second-order valence-corrected chi connectivity index (χ2v) is 7.97. The summed E-state index contributed by atoms with van der Waals surface area (Å²) in [7, 11) is 1.83. The number of carbonyl (C=O) groups excluding carboxylic acids is 1. The fourth-order valence-electron chi connectivity index (χ4n) is 3.04. The van der Waals surface area contributed by atoms with Crippen molar-refractivity contribution in [3.63, 3.8) is 0 Å². The molecule has 2 aromatic rings. The molecule has 1 aliphatic heterocycles. The number of carbonyl (C=O) groups is 1. The molecule has 5 nitrogen and oxygen atoms in total. The Morgan fingerprint density at radius 1 is 1.35 bits per heavy atom. The fraction of sp³-hybridized carbons (Fsp3) is 0.500. The lowest BCUT2D eigenvalue weighted by Crippen LogP contribution is -2.41. The zero-order valence-electron chi connectivity index (χ0n) is 15.9. The number of aromatic nitrogens is 1. The number of amides is 1. The fourth-order valence-corrected chi connectivity index (χ4v) is 3.04. The van der Waals surface area contributed by atoms with Gasteiger partial charge in [-0.2, -0.15) is 0 Å². The summed E-state index contributed by atoms with van der Waals surface area (Å²) in [6.07, 6.45) is 0.682. The second-order valence-electron chi connectivity index (χ2n) is 7.97. The van der Waals surface area contributed by atoms with Crippen molar-refractivity contribution in [3.05, 3.63) is 53.0 Å². The van der Waals surface area contributed by atoms with E-state index in [1.54, 1.807) is 23.1 Å². The Kier molecular flexibility index (Phi) is 5.14. The molecule has 140 valence electrons. The van der Waals surface area contributed by atoms with E-state index >= 15 is 0 Å². The van der Waals surface area contributed by atoms with Crippen LogP contribution in [-0.4, -0.2) is 40.8 Å². The Morgan fingerprint density at radius 3 is 2.77 bits per heavy atom. The van der Waals surface area contributed by atoms with E-state index < -0.39 is 0 Å². The van der Waals surface area contributed by atoms with Crippen LogP contribution in [0.3, 0.4) is 0 Å². The topological polar surface area (TPSA) is 49.6 Å². The van der Waals surface area contributed by atoms with Crippen molar-refractivity contribution in [2.45, 2.75) is 45.7 Å². The van der Waals surface area contributed by atoms with Gasteiger partial charge in [0.05, 0.1) is 13.1 Å². The van der Waals surface area contributed by atoms with E-state index in [9.17, 15) is 9.18 Å². The van der Waals surface area contributed by atoms with Crippen molar-refractivity contribution >= 4 is 5.91 Å². The molecule has 0 fully saturated rings. The van der Waals surface area contributed by atoms with Crippen LogP contribution in [0, 0.1) is 5.82 Å². The maximum atomic E-state index is 13.8. The lowest BCUT2D eigenvalue weighted by molar-refractivity contribution is -0.133. The van der Waals surface area contributed by atoms with Crippen LogP contribution in [0.1, 0.15) is 43.7 Å². The molecule has 1 amide bonds. The summed E-state index contributed by atoms with van der Waals surface area (Å²) in [5.41, 5.74) is 1.30. The van der Waals surface area contributed by atoms with Gasteiger partial charge in [-0.05, 0) is 13.1 Å². The average Bonchev–Trinajstić information content (AvgIpc) is 3.00. The van der Waals surface area contributed by atoms with Gasteiger partial charge in [-0.1, -0.05) is 39.0 Å². The molecule has 0 unspecified atom stereocenters. The standard InChI is InChI=1S/C20H26FN3O2/c1-20(2,3)19-22-16-12-24(10-9-17(16)26-19)18(25)13-23(4)11-14-7-5-6-8-15(14)21/h5-8H,9-13H2,1-4H3. The number of nitrogens with zero attached hydrogens (tertiary/aromatic N) is 3. The second kappa shape index (κ2) is 7.19. The van der Waals surface area contributed by atoms with Crippen LogP contribution >= 0.6 is 0 Å². The largest absolute Gasteiger partial charge is 0.445 e. The predicted octanol–water partition coefficient (Wildman–Crippen LogP) is 3.13. The van der Waals surface area contributed by atoms with Crippen molar-refractivity contribution in [1.29, 1.82) is 0 Å². The lowest BCUT2D eigenvalue weighted by Gasteiger charge is -2.27. The minimum absolute atomic E-state index is 0.0230. The number of rotatable bonds is 4. The molecule has 0 atom stereocenters. The van der Waals surface area contributed by atoms with E-state index in [0.717, 1.165) is 11.5 Å². The van der Waals surface area contributed by atoms with E-state index in [4.69, 9.17) is 4.42 Å². The van der Waals surface area contributed by atoms with Gasteiger partial charge in [0.2, 0.25) is 5.91 Å². The zero-order chi connectivity index (χ0) is 18.9. The van der Waals surface area contributed by atoms with E-state index in [-0.39, 0.29) is 23.7 Å². The number of hydrogen-bond acceptors (Lipinski definition) is 4. The minimum atomic E-state index is -0.244. The molecule has 0 N–H and O–H groups in total. The number of likely N-dealkylation sites (N-methyl/N-ethyl adjacent to an activating group) is 1. The number of fused-ring (bicyclic) bond motifs is 1. The summed E-state index contributed by atoms with van der Waals surface area (Å²) in [6, 6.07) is 6.65. The van der Waals surface area contributed by atoms with Crippen LogP contribution in [0.25, 0.3) is 0 Å². The zero-order valence-corrected chi connectivity index (χ0v) is 15.9. The molecular formula is C20H26FN3O2. The number of benzene rings is 1. The van der Waals surface area contributed by atoms with Gasteiger partial charge in [-0.25, -0.2) is 9.37 Å². The summed E-state index contributed by atoms with van der Waals surface area (Å²) >= 11 is 0. The SMILES string of the molecule is CN(CC(=O)N1CCc2oc(C(C)(C)C)nc2C1)Cc1ccccc1F. The van der Waals surface area contributed by atoms with Gasteiger partial charge in [-0.15, -0.1) is 0 Å². The Balaban J connectivity index is 1.61. The van der Waals surface area contributed by atoms with Gasteiger partial charge >= 0.3 is 0 Å². The first-order valence-corrected chi connectivity index (χ1v) is 8.93.